The molecule has 0 saturated carbocycles. The summed E-state index contributed by atoms with van der Waals surface area (Å²) >= 11 is 1.23. The van der Waals surface area contributed by atoms with Crippen LogP contribution in [0.5, 0.6) is 5.75 Å². The lowest BCUT2D eigenvalue weighted by atomic mass is 10.1. The Hall–Kier alpha value is -2.93. The molecule has 0 spiro atoms. The second-order valence-electron chi connectivity index (χ2n) is 4.74. The number of amides is 1. The van der Waals surface area contributed by atoms with Gasteiger partial charge in [0, 0.05) is 23.5 Å². The zero-order chi connectivity index (χ0) is 16.4. The van der Waals surface area contributed by atoms with Crippen molar-refractivity contribution < 1.29 is 9.90 Å². The minimum atomic E-state index is -0.689. The minimum absolute atomic E-state index is 0.233. The normalized spacial score (nSPS) is 10.6. The van der Waals surface area contributed by atoms with Crippen molar-refractivity contribution >= 4 is 33.3 Å². The van der Waals surface area contributed by atoms with Crippen molar-refractivity contribution in [3.05, 3.63) is 64.4 Å². The number of anilines is 1. The fourth-order valence-electron chi connectivity index (χ4n) is 2.35. The molecule has 0 saturated heterocycles. The molecule has 0 aliphatic heterocycles. The SMILES string of the molecule is C=CCn1c(=O)c(C(=O)Nc2nccs2)c(O)c2ccccc21. The molecule has 7 heteroatoms. The molecule has 2 aromatic heterocycles. The number of aromatic nitrogens is 2. The van der Waals surface area contributed by atoms with Gasteiger partial charge in [-0.3, -0.25) is 14.9 Å². The van der Waals surface area contributed by atoms with Gasteiger partial charge in [-0.15, -0.1) is 17.9 Å². The van der Waals surface area contributed by atoms with Gasteiger partial charge in [0.15, 0.2) is 5.13 Å². The molecule has 2 heterocycles. The zero-order valence-corrected chi connectivity index (χ0v) is 12.8. The molecule has 6 nitrogen and oxygen atoms in total. The molecule has 0 radical (unpaired) electrons. The lowest BCUT2D eigenvalue weighted by Crippen LogP contribution is -2.29. The predicted molar refractivity (Wildman–Crippen MR) is 90.1 cm³/mol. The number of pyridine rings is 1. The van der Waals surface area contributed by atoms with Crippen LogP contribution in [-0.2, 0) is 6.54 Å². The first-order valence-electron chi connectivity index (χ1n) is 6.79. The maximum absolute atomic E-state index is 12.6. The molecule has 0 unspecified atom stereocenters. The van der Waals surface area contributed by atoms with Crippen LogP contribution in [0, 0.1) is 0 Å². The molecule has 116 valence electrons. The van der Waals surface area contributed by atoms with Crippen molar-refractivity contribution in [2.75, 3.05) is 5.32 Å². The first-order valence-corrected chi connectivity index (χ1v) is 7.67. The van der Waals surface area contributed by atoms with Crippen molar-refractivity contribution in [1.29, 1.82) is 0 Å². The van der Waals surface area contributed by atoms with Gasteiger partial charge in [0.2, 0.25) is 0 Å². The van der Waals surface area contributed by atoms with E-state index in [1.54, 1.807) is 35.7 Å². The Labute approximate surface area is 135 Å². The zero-order valence-electron chi connectivity index (χ0n) is 12.0. The first kappa shape index (κ1) is 15.0. The van der Waals surface area contributed by atoms with Crippen molar-refractivity contribution in [3.8, 4) is 5.75 Å². The van der Waals surface area contributed by atoms with Crippen LogP contribution in [0.3, 0.4) is 0 Å². The van der Waals surface area contributed by atoms with Gasteiger partial charge >= 0.3 is 0 Å². The maximum atomic E-state index is 12.6. The van der Waals surface area contributed by atoms with Crippen LogP contribution in [0.1, 0.15) is 10.4 Å². The number of thiazole rings is 1. The van der Waals surface area contributed by atoms with Gasteiger partial charge in [0.05, 0.1) is 5.52 Å². The van der Waals surface area contributed by atoms with Crippen LogP contribution < -0.4 is 10.9 Å². The summed E-state index contributed by atoms with van der Waals surface area (Å²) in [5, 5.41) is 15.4. The Kier molecular flexibility index (Phi) is 3.94. The van der Waals surface area contributed by atoms with Crippen molar-refractivity contribution in [2.24, 2.45) is 0 Å². The molecule has 2 N–H and O–H groups in total. The molecule has 1 aromatic carbocycles. The lowest BCUT2D eigenvalue weighted by Gasteiger charge is -2.13. The number of rotatable bonds is 4. The first-order chi connectivity index (χ1) is 11.1. The summed E-state index contributed by atoms with van der Waals surface area (Å²) in [7, 11) is 0. The Morgan fingerprint density at radius 2 is 2.22 bits per heavy atom. The second-order valence-corrected chi connectivity index (χ2v) is 5.63. The van der Waals surface area contributed by atoms with Crippen LogP contribution in [0.4, 0.5) is 5.13 Å². The molecule has 0 atom stereocenters. The number of fused-ring (bicyclic) bond motifs is 1. The highest BCUT2D eigenvalue weighted by atomic mass is 32.1. The largest absolute Gasteiger partial charge is 0.506 e. The summed E-state index contributed by atoms with van der Waals surface area (Å²) in [6, 6.07) is 6.86. The van der Waals surface area contributed by atoms with Crippen molar-refractivity contribution in [3.63, 3.8) is 0 Å². The topological polar surface area (TPSA) is 84.2 Å². The third kappa shape index (κ3) is 2.62. The van der Waals surface area contributed by atoms with Crippen LogP contribution in [0.25, 0.3) is 10.9 Å². The molecular formula is C16H13N3O3S. The van der Waals surface area contributed by atoms with Crippen molar-refractivity contribution in [1.82, 2.24) is 9.55 Å². The second kappa shape index (κ2) is 6.05. The van der Waals surface area contributed by atoms with Crippen LogP contribution in [0.2, 0.25) is 0 Å². The number of carbonyl (C=O) groups excluding carboxylic acids is 1. The quantitative estimate of drug-likeness (QED) is 0.721. The van der Waals surface area contributed by atoms with E-state index in [4.69, 9.17) is 0 Å². The van der Waals surface area contributed by atoms with E-state index in [1.807, 2.05) is 0 Å². The number of allylic oxidation sites excluding steroid dienone is 1. The number of para-hydroxylation sites is 1. The summed E-state index contributed by atoms with van der Waals surface area (Å²) in [5.74, 6) is -1.02. The van der Waals surface area contributed by atoms with E-state index < -0.39 is 11.5 Å². The van der Waals surface area contributed by atoms with Gasteiger partial charge in [-0.05, 0) is 12.1 Å². The highest BCUT2D eigenvalue weighted by Gasteiger charge is 2.22. The van der Waals surface area contributed by atoms with Gasteiger partial charge in [-0.25, -0.2) is 4.98 Å². The molecule has 1 amide bonds. The number of nitrogens with one attached hydrogen (secondary N) is 1. The number of benzene rings is 1. The Bertz CT molecular complexity index is 945. The van der Waals surface area contributed by atoms with Crippen LogP contribution in [0.15, 0.2) is 53.3 Å². The van der Waals surface area contributed by atoms with Crippen LogP contribution >= 0.6 is 11.3 Å². The Morgan fingerprint density at radius 1 is 1.43 bits per heavy atom. The van der Waals surface area contributed by atoms with Gasteiger partial charge in [0.25, 0.3) is 11.5 Å². The Morgan fingerprint density at radius 3 is 2.91 bits per heavy atom. The average Bonchev–Trinajstić information content (AvgIpc) is 3.04. The smallest absolute Gasteiger partial charge is 0.268 e. The fourth-order valence-corrected chi connectivity index (χ4v) is 2.87. The van der Waals surface area contributed by atoms with Crippen LogP contribution in [-0.4, -0.2) is 20.6 Å². The standard InChI is InChI=1S/C16H13N3O3S/c1-2-8-19-11-6-4-3-5-10(11)13(20)12(15(19)22)14(21)18-16-17-7-9-23-16/h2-7,9,20H,1,8H2,(H,17,18,21). The summed E-state index contributed by atoms with van der Waals surface area (Å²) in [5.41, 5.74) is -0.336. The number of aromatic hydroxyl groups is 1. The molecule has 0 bridgehead atoms. The molecular weight excluding hydrogens is 314 g/mol. The number of nitrogens with zero attached hydrogens (tertiary/aromatic N) is 2. The number of hydrogen-bond acceptors (Lipinski definition) is 5. The van der Waals surface area contributed by atoms with Gasteiger partial charge < -0.3 is 9.67 Å². The lowest BCUT2D eigenvalue weighted by molar-refractivity contribution is 0.102. The summed E-state index contributed by atoms with van der Waals surface area (Å²) < 4.78 is 1.40. The predicted octanol–water partition coefficient (Wildman–Crippen LogP) is 2.60. The van der Waals surface area contributed by atoms with E-state index in [9.17, 15) is 14.7 Å². The van der Waals surface area contributed by atoms with Crippen molar-refractivity contribution in [2.45, 2.75) is 6.54 Å². The summed E-state index contributed by atoms with van der Waals surface area (Å²) in [4.78, 5) is 29.0. The highest BCUT2D eigenvalue weighted by Crippen LogP contribution is 2.27. The number of carbonyl (C=O) groups is 1. The van der Waals surface area contributed by atoms with E-state index in [-0.39, 0.29) is 17.9 Å². The van der Waals surface area contributed by atoms with E-state index in [0.717, 1.165) is 0 Å². The van der Waals surface area contributed by atoms with E-state index in [1.165, 1.54) is 22.1 Å². The minimum Gasteiger partial charge on any atom is -0.506 e. The number of hydrogen-bond donors (Lipinski definition) is 2. The maximum Gasteiger partial charge on any atom is 0.268 e. The molecule has 23 heavy (non-hydrogen) atoms. The van der Waals surface area contributed by atoms with E-state index in [0.29, 0.717) is 16.0 Å². The highest BCUT2D eigenvalue weighted by molar-refractivity contribution is 7.13. The molecule has 0 fully saturated rings. The molecule has 3 rings (SSSR count). The van der Waals surface area contributed by atoms with E-state index >= 15 is 0 Å². The van der Waals surface area contributed by atoms with Gasteiger partial charge in [-0.2, -0.15) is 0 Å². The monoisotopic (exact) mass is 327 g/mol. The van der Waals surface area contributed by atoms with Gasteiger partial charge in [-0.1, -0.05) is 18.2 Å². The fraction of sp³-hybridized carbons (Fsp3) is 0.0625. The summed E-state index contributed by atoms with van der Waals surface area (Å²) in [6.45, 7) is 3.86. The average molecular weight is 327 g/mol. The van der Waals surface area contributed by atoms with E-state index in [2.05, 4.69) is 16.9 Å². The third-order valence-electron chi connectivity index (χ3n) is 3.34. The molecule has 3 aromatic rings. The third-order valence-corrected chi connectivity index (χ3v) is 4.03. The summed E-state index contributed by atoms with van der Waals surface area (Å²) in [6.07, 6.45) is 3.10. The van der Waals surface area contributed by atoms with Gasteiger partial charge in [0.1, 0.15) is 11.3 Å². The Balaban J connectivity index is 2.22. The molecule has 0 aliphatic rings. The molecule has 0 aliphatic carbocycles.